The van der Waals surface area contributed by atoms with Gasteiger partial charge in [-0.2, -0.15) is 11.3 Å². The monoisotopic (exact) mass is 258 g/mol. The molecule has 2 heterocycles. The van der Waals surface area contributed by atoms with Crippen molar-refractivity contribution in [1.29, 1.82) is 0 Å². The fourth-order valence-electron chi connectivity index (χ4n) is 2.02. The Bertz CT molecular complexity index is 459. The first-order chi connectivity index (χ1) is 7.59. The number of ketones is 1. The van der Waals surface area contributed by atoms with Crippen LogP contribution in [0.5, 0.6) is 0 Å². The van der Waals surface area contributed by atoms with E-state index in [2.05, 4.69) is 0 Å². The van der Waals surface area contributed by atoms with Crippen molar-refractivity contribution in [3.8, 4) is 0 Å². The molecule has 0 spiro atoms. The maximum absolute atomic E-state index is 11.9. The molecular formula is C11H14O3S2. The van der Waals surface area contributed by atoms with Crippen LogP contribution >= 0.6 is 11.3 Å². The fraction of sp³-hybridized carbons (Fsp3) is 0.545. The minimum atomic E-state index is -3.17. The highest BCUT2D eigenvalue weighted by Gasteiger charge is 2.34. The third-order valence-electron chi connectivity index (χ3n) is 2.90. The van der Waals surface area contributed by atoms with Gasteiger partial charge in [0.25, 0.3) is 0 Å². The molecule has 0 bridgehead atoms. The van der Waals surface area contributed by atoms with Crippen LogP contribution in [0, 0.1) is 0 Å². The van der Waals surface area contributed by atoms with E-state index >= 15 is 0 Å². The number of Topliss-reactive ketones (excluding diaryl/α,β-unsaturated/α-hetero) is 1. The smallest absolute Gasteiger partial charge is 0.160 e. The predicted octanol–water partition coefficient (Wildman–Crippen LogP) is 1.83. The van der Waals surface area contributed by atoms with Crippen LogP contribution in [0.15, 0.2) is 16.8 Å². The zero-order valence-corrected chi connectivity index (χ0v) is 10.5. The lowest BCUT2D eigenvalue weighted by Gasteiger charge is -2.20. The summed E-state index contributed by atoms with van der Waals surface area (Å²) in [7, 11) is -3.17. The van der Waals surface area contributed by atoms with Gasteiger partial charge in [0.05, 0.1) is 5.75 Å². The molecule has 1 aromatic heterocycles. The Kier molecular flexibility index (Phi) is 3.44. The van der Waals surface area contributed by atoms with Crippen LogP contribution in [0.4, 0.5) is 0 Å². The van der Waals surface area contributed by atoms with Gasteiger partial charge in [-0.05, 0) is 35.2 Å². The van der Waals surface area contributed by atoms with E-state index in [1.807, 2.05) is 16.8 Å². The first kappa shape index (κ1) is 11.8. The van der Waals surface area contributed by atoms with Gasteiger partial charge in [-0.3, -0.25) is 4.79 Å². The zero-order valence-electron chi connectivity index (χ0n) is 8.89. The summed E-state index contributed by atoms with van der Waals surface area (Å²) in [4.78, 5) is 11.9. The Balaban J connectivity index is 2.09. The highest BCUT2D eigenvalue weighted by Crippen LogP contribution is 2.22. The number of thiophene rings is 1. The van der Waals surface area contributed by atoms with Gasteiger partial charge in [-0.25, -0.2) is 8.42 Å². The average Bonchev–Trinajstić information content (AvgIpc) is 2.69. The van der Waals surface area contributed by atoms with E-state index in [-0.39, 0.29) is 18.0 Å². The summed E-state index contributed by atoms with van der Waals surface area (Å²) < 4.78 is 23.5. The van der Waals surface area contributed by atoms with Gasteiger partial charge in [0.15, 0.2) is 15.6 Å². The lowest BCUT2D eigenvalue weighted by Crippen LogP contribution is -2.36. The number of rotatable bonds is 3. The molecule has 1 atom stereocenters. The van der Waals surface area contributed by atoms with Gasteiger partial charge < -0.3 is 0 Å². The number of carbonyl (C=O) groups excluding carboxylic acids is 1. The molecule has 1 aliphatic heterocycles. The van der Waals surface area contributed by atoms with Crippen LogP contribution in [0.25, 0.3) is 0 Å². The molecule has 1 unspecified atom stereocenters. The summed E-state index contributed by atoms with van der Waals surface area (Å²) in [5.41, 5.74) is 0.927. The quantitative estimate of drug-likeness (QED) is 0.831. The maximum atomic E-state index is 11.9. The van der Waals surface area contributed by atoms with Crippen LogP contribution in [0.3, 0.4) is 0 Å². The van der Waals surface area contributed by atoms with E-state index in [4.69, 9.17) is 0 Å². The molecule has 88 valence electrons. The van der Waals surface area contributed by atoms with Crippen molar-refractivity contribution in [3.05, 3.63) is 22.4 Å². The molecule has 16 heavy (non-hydrogen) atoms. The van der Waals surface area contributed by atoms with Gasteiger partial charge in [0.1, 0.15) is 5.25 Å². The van der Waals surface area contributed by atoms with E-state index in [1.54, 1.807) is 0 Å². The molecule has 3 nitrogen and oxygen atoms in total. The van der Waals surface area contributed by atoms with Gasteiger partial charge in [-0.1, -0.05) is 6.42 Å². The standard InChI is InChI=1S/C11H14O3S2/c12-10(7-9-4-5-15-8-9)11-3-1-2-6-16(11,13)14/h4-5,8,11H,1-3,6-7H2. The second kappa shape index (κ2) is 4.67. The van der Waals surface area contributed by atoms with Crippen LogP contribution < -0.4 is 0 Å². The fourth-order valence-corrected chi connectivity index (χ4v) is 4.59. The largest absolute Gasteiger partial charge is 0.298 e. The SMILES string of the molecule is O=C(Cc1ccsc1)C1CCCCS1(=O)=O. The van der Waals surface area contributed by atoms with E-state index < -0.39 is 15.1 Å². The van der Waals surface area contributed by atoms with Crippen LogP contribution in [-0.4, -0.2) is 25.2 Å². The molecule has 0 amide bonds. The van der Waals surface area contributed by atoms with Crippen molar-refractivity contribution in [1.82, 2.24) is 0 Å². The molecule has 0 aliphatic carbocycles. The summed E-state index contributed by atoms with van der Waals surface area (Å²) in [6.07, 6.45) is 2.31. The van der Waals surface area contributed by atoms with Gasteiger partial charge in [0, 0.05) is 6.42 Å². The van der Waals surface area contributed by atoms with Crippen molar-refractivity contribution < 1.29 is 13.2 Å². The topological polar surface area (TPSA) is 51.2 Å². The van der Waals surface area contributed by atoms with Gasteiger partial charge >= 0.3 is 0 Å². The van der Waals surface area contributed by atoms with Crippen LogP contribution in [-0.2, 0) is 21.1 Å². The normalized spacial score (nSPS) is 24.1. The molecule has 0 N–H and O–H groups in total. The Hall–Kier alpha value is -0.680. The molecule has 1 aromatic rings. The van der Waals surface area contributed by atoms with E-state index in [1.165, 1.54) is 11.3 Å². The predicted molar refractivity (Wildman–Crippen MR) is 64.5 cm³/mol. The highest BCUT2D eigenvalue weighted by molar-refractivity contribution is 7.92. The Labute approximate surface area is 99.4 Å². The van der Waals surface area contributed by atoms with Crippen molar-refractivity contribution in [3.63, 3.8) is 0 Å². The molecule has 0 aromatic carbocycles. The van der Waals surface area contributed by atoms with E-state index in [9.17, 15) is 13.2 Å². The molecule has 5 heteroatoms. The van der Waals surface area contributed by atoms with Crippen molar-refractivity contribution in [2.75, 3.05) is 5.75 Å². The zero-order chi connectivity index (χ0) is 11.6. The van der Waals surface area contributed by atoms with Crippen molar-refractivity contribution in [2.45, 2.75) is 30.9 Å². The summed E-state index contributed by atoms with van der Waals surface area (Å²) in [6.45, 7) is 0. The minimum Gasteiger partial charge on any atom is -0.298 e. The van der Waals surface area contributed by atoms with E-state index in [0.29, 0.717) is 12.8 Å². The number of sulfone groups is 1. The second-order valence-electron chi connectivity index (χ2n) is 4.13. The summed E-state index contributed by atoms with van der Waals surface area (Å²) in [6, 6.07) is 1.87. The van der Waals surface area contributed by atoms with Gasteiger partial charge in [-0.15, -0.1) is 0 Å². The van der Waals surface area contributed by atoms with Crippen molar-refractivity contribution >= 4 is 27.0 Å². The third-order valence-corrected chi connectivity index (χ3v) is 5.85. The minimum absolute atomic E-state index is 0.141. The Morgan fingerprint density at radius 3 is 2.88 bits per heavy atom. The third kappa shape index (κ3) is 2.52. The Morgan fingerprint density at radius 1 is 1.44 bits per heavy atom. The number of carbonyl (C=O) groups is 1. The molecule has 0 saturated carbocycles. The van der Waals surface area contributed by atoms with Gasteiger partial charge in [0.2, 0.25) is 0 Å². The molecule has 1 saturated heterocycles. The summed E-state index contributed by atoms with van der Waals surface area (Å²) >= 11 is 1.53. The molecular weight excluding hydrogens is 244 g/mol. The average molecular weight is 258 g/mol. The first-order valence-electron chi connectivity index (χ1n) is 5.35. The summed E-state index contributed by atoms with van der Waals surface area (Å²) in [5.74, 6) is 0.0330. The highest BCUT2D eigenvalue weighted by atomic mass is 32.2. The maximum Gasteiger partial charge on any atom is 0.160 e. The Morgan fingerprint density at radius 2 is 2.25 bits per heavy atom. The molecule has 1 fully saturated rings. The van der Waals surface area contributed by atoms with Crippen molar-refractivity contribution in [2.24, 2.45) is 0 Å². The van der Waals surface area contributed by atoms with Crippen LogP contribution in [0.2, 0.25) is 0 Å². The van der Waals surface area contributed by atoms with E-state index in [0.717, 1.165) is 12.0 Å². The molecule has 1 aliphatic rings. The molecule has 2 rings (SSSR count). The second-order valence-corrected chi connectivity index (χ2v) is 7.21. The number of hydrogen-bond acceptors (Lipinski definition) is 4. The number of hydrogen-bond donors (Lipinski definition) is 0. The lowest BCUT2D eigenvalue weighted by atomic mass is 10.1. The summed E-state index contributed by atoms with van der Waals surface area (Å²) in [5, 5.41) is 3.05. The lowest BCUT2D eigenvalue weighted by molar-refractivity contribution is -0.118. The first-order valence-corrected chi connectivity index (χ1v) is 8.01. The van der Waals surface area contributed by atoms with Crippen LogP contribution in [0.1, 0.15) is 24.8 Å². The molecule has 0 radical (unpaired) electrons.